The monoisotopic (exact) mass is 412 g/mol. The van der Waals surface area contributed by atoms with Crippen molar-refractivity contribution in [3.8, 4) is 5.75 Å². The summed E-state index contributed by atoms with van der Waals surface area (Å²) in [6.07, 6.45) is 3.11. The summed E-state index contributed by atoms with van der Waals surface area (Å²) in [6.45, 7) is 4.92. The number of pyridine rings is 1. The van der Waals surface area contributed by atoms with Crippen molar-refractivity contribution in [3.63, 3.8) is 0 Å². The van der Waals surface area contributed by atoms with Crippen LogP contribution in [0.25, 0.3) is 0 Å². The highest BCUT2D eigenvalue weighted by Crippen LogP contribution is 2.58. The number of nitrogens with zero attached hydrogens (tertiary/aromatic N) is 2. The van der Waals surface area contributed by atoms with Crippen molar-refractivity contribution in [1.29, 1.82) is 0 Å². The van der Waals surface area contributed by atoms with Gasteiger partial charge in [0, 0.05) is 31.3 Å². The molecule has 1 amide bonds. The maximum atomic E-state index is 12.6. The molecule has 2 bridgehead atoms. The fourth-order valence-corrected chi connectivity index (χ4v) is 4.24. The lowest BCUT2D eigenvalue weighted by molar-refractivity contribution is -0.121. The molecule has 5 rings (SSSR count). The van der Waals surface area contributed by atoms with Gasteiger partial charge in [-0.2, -0.15) is 0 Å². The molecule has 3 aliphatic rings. The highest BCUT2D eigenvalue weighted by Gasteiger charge is 2.67. The predicted molar refractivity (Wildman–Crippen MR) is 112 cm³/mol. The molecular weight excluding hydrogens is 384 g/mol. The molecule has 1 aromatic carbocycles. The second-order valence-corrected chi connectivity index (χ2v) is 7.80. The molecule has 7 nitrogen and oxygen atoms in total. The molecule has 0 N–H and O–H groups in total. The summed E-state index contributed by atoms with van der Waals surface area (Å²) >= 11 is 0. The molecule has 30 heavy (non-hydrogen) atoms. The Hall–Kier alpha value is -3.09. The molecule has 3 fully saturated rings. The molecule has 2 aliphatic heterocycles. The number of ether oxygens (including phenoxy) is 2. The van der Waals surface area contributed by atoms with Crippen LogP contribution in [0.4, 0.5) is 4.79 Å². The van der Waals surface area contributed by atoms with Crippen LogP contribution in [0.15, 0.2) is 53.5 Å². The first-order valence-electron chi connectivity index (χ1n) is 10.2. The maximum absolute atomic E-state index is 12.6. The van der Waals surface area contributed by atoms with Crippen LogP contribution in [0, 0.1) is 5.41 Å². The number of fused-ring (bicyclic) bond motifs is 1. The summed E-state index contributed by atoms with van der Waals surface area (Å²) in [5.74, 6) is 0.492. The number of amides is 1. The van der Waals surface area contributed by atoms with Crippen molar-refractivity contribution in [2.75, 3.05) is 13.2 Å². The third kappa shape index (κ3) is 4.10. The zero-order chi connectivity index (χ0) is 21.8. The zero-order valence-corrected chi connectivity index (χ0v) is 17.7. The van der Waals surface area contributed by atoms with E-state index in [1.807, 2.05) is 44.2 Å². The SMILES string of the molecule is CC.Cn1ccc(OCC23CN(C(=O)OCc4ccccc4)C(C=O)(C2)C3)cc1=O. The number of hydrogen-bond donors (Lipinski definition) is 0. The summed E-state index contributed by atoms with van der Waals surface area (Å²) in [7, 11) is 1.67. The van der Waals surface area contributed by atoms with Crippen molar-refractivity contribution < 1.29 is 19.1 Å². The van der Waals surface area contributed by atoms with Crippen LogP contribution in [0.1, 0.15) is 32.3 Å². The van der Waals surface area contributed by atoms with Gasteiger partial charge in [-0.15, -0.1) is 0 Å². The second kappa shape index (κ2) is 8.73. The van der Waals surface area contributed by atoms with Gasteiger partial charge in [0.15, 0.2) is 0 Å². The lowest BCUT2D eigenvalue weighted by Gasteiger charge is -2.43. The van der Waals surface area contributed by atoms with E-state index < -0.39 is 11.6 Å². The van der Waals surface area contributed by atoms with Crippen LogP contribution in [0.3, 0.4) is 0 Å². The topological polar surface area (TPSA) is 77.8 Å². The quantitative estimate of drug-likeness (QED) is 0.681. The van der Waals surface area contributed by atoms with Gasteiger partial charge in [0.1, 0.15) is 24.2 Å². The van der Waals surface area contributed by atoms with Gasteiger partial charge in [0.05, 0.1) is 6.61 Å². The van der Waals surface area contributed by atoms with E-state index in [1.54, 1.807) is 19.3 Å². The fraction of sp³-hybridized carbons (Fsp3) is 0.435. The molecule has 0 radical (unpaired) electrons. The van der Waals surface area contributed by atoms with Crippen LogP contribution >= 0.6 is 0 Å². The second-order valence-electron chi connectivity index (χ2n) is 7.80. The Morgan fingerprint density at radius 1 is 1.17 bits per heavy atom. The number of carbonyl (C=O) groups excluding carboxylic acids is 2. The van der Waals surface area contributed by atoms with E-state index in [-0.39, 0.29) is 17.6 Å². The molecule has 0 unspecified atom stereocenters. The van der Waals surface area contributed by atoms with Crippen molar-refractivity contribution >= 4 is 12.4 Å². The molecule has 1 saturated carbocycles. The summed E-state index contributed by atoms with van der Waals surface area (Å²) in [5, 5.41) is 0. The molecular formula is C23H28N2O5. The molecule has 0 atom stereocenters. The third-order valence-electron chi connectivity index (χ3n) is 5.66. The minimum absolute atomic E-state index is 0.150. The number of aromatic nitrogens is 1. The Labute approximate surface area is 176 Å². The van der Waals surface area contributed by atoms with Gasteiger partial charge in [-0.1, -0.05) is 44.2 Å². The largest absolute Gasteiger partial charge is 0.493 e. The molecule has 0 spiro atoms. The zero-order valence-electron chi connectivity index (χ0n) is 17.7. The number of aldehydes is 1. The molecule has 2 aromatic rings. The lowest BCUT2D eigenvalue weighted by atomic mass is 9.63. The van der Waals surface area contributed by atoms with E-state index in [9.17, 15) is 14.4 Å². The van der Waals surface area contributed by atoms with E-state index in [4.69, 9.17) is 9.47 Å². The predicted octanol–water partition coefficient (Wildman–Crippen LogP) is 3.16. The molecule has 160 valence electrons. The average molecular weight is 412 g/mol. The van der Waals surface area contributed by atoms with Gasteiger partial charge in [-0.3, -0.25) is 9.69 Å². The highest BCUT2D eigenvalue weighted by molar-refractivity contribution is 5.80. The summed E-state index contributed by atoms with van der Waals surface area (Å²) < 4.78 is 12.7. The maximum Gasteiger partial charge on any atom is 0.410 e. The minimum atomic E-state index is -0.802. The highest BCUT2D eigenvalue weighted by atomic mass is 16.6. The summed E-state index contributed by atoms with van der Waals surface area (Å²) in [6, 6.07) is 12.6. The normalized spacial score (nSPS) is 23.6. The smallest absolute Gasteiger partial charge is 0.410 e. The Bertz CT molecular complexity index is 948. The van der Waals surface area contributed by atoms with Gasteiger partial charge >= 0.3 is 6.09 Å². The van der Waals surface area contributed by atoms with Crippen molar-refractivity contribution in [2.24, 2.45) is 12.5 Å². The standard InChI is InChI=1S/C21H22N2O5.C2H6/c1-22-8-7-17(9-18(22)25)28-15-20-11-21(12-20,14-24)23(13-20)19(26)27-10-16-5-3-2-4-6-16;1-2/h2-9,14H,10-13,15H2,1H3;1-2H3. The van der Waals surface area contributed by atoms with Crippen molar-refractivity contribution in [1.82, 2.24) is 9.47 Å². The van der Waals surface area contributed by atoms with Crippen LogP contribution in [0.5, 0.6) is 5.75 Å². The minimum Gasteiger partial charge on any atom is -0.493 e. The van der Waals surface area contributed by atoms with Gasteiger partial charge in [0.25, 0.3) is 5.56 Å². The molecule has 7 heteroatoms. The Morgan fingerprint density at radius 3 is 2.50 bits per heavy atom. The first-order chi connectivity index (χ1) is 14.5. The summed E-state index contributed by atoms with van der Waals surface area (Å²) in [4.78, 5) is 37.5. The Morgan fingerprint density at radius 2 is 1.87 bits per heavy atom. The Balaban J connectivity index is 0.00000124. The van der Waals surface area contributed by atoms with Crippen LogP contribution in [-0.2, 0) is 23.2 Å². The first kappa shape index (κ1) is 21.6. The number of carbonyl (C=O) groups is 2. The van der Waals surface area contributed by atoms with Crippen molar-refractivity contribution in [3.05, 3.63) is 64.6 Å². The fourth-order valence-electron chi connectivity index (χ4n) is 4.24. The van der Waals surface area contributed by atoms with E-state index in [0.717, 1.165) is 11.8 Å². The van der Waals surface area contributed by atoms with Crippen LogP contribution in [-0.4, -0.2) is 40.5 Å². The van der Waals surface area contributed by atoms with Crippen LogP contribution < -0.4 is 10.3 Å². The van der Waals surface area contributed by atoms with E-state index in [1.165, 1.54) is 15.5 Å². The number of hydrogen-bond acceptors (Lipinski definition) is 5. The van der Waals surface area contributed by atoms with Gasteiger partial charge < -0.3 is 18.8 Å². The molecule has 2 saturated heterocycles. The van der Waals surface area contributed by atoms with E-state index in [0.29, 0.717) is 31.7 Å². The number of aryl methyl sites for hydroxylation is 1. The van der Waals surface area contributed by atoms with Gasteiger partial charge in [-0.05, 0) is 24.5 Å². The first-order valence-corrected chi connectivity index (χ1v) is 10.2. The molecule has 1 aromatic heterocycles. The third-order valence-corrected chi connectivity index (χ3v) is 5.66. The van der Waals surface area contributed by atoms with E-state index in [2.05, 4.69) is 0 Å². The Kier molecular flexibility index (Phi) is 6.29. The van der Waals surface area contributed by atoms with E-state index >= 15 is 0 Å². The van der Waals surface area contributed by atoms with Gasteiger partial charge in [-0.25, -0.2) is 4.79 Å². The molecule has 3 heterocycles. The molecule has 1 aliphatic carbocycles. The van der Waals surface area contributed by atoms with Crippen LogP contribution in [0.2, 0.25) is 0 Å². The average Bonchev–Trinajstić information content (AvgIpc) is 3.26. The number of benzene rings is 1. The van der Waals surface area contributed by atoms with Gasteiger partial charge in [0.2, 0.25) is 0 Å². The summed E-state index contributed by atoms with van der Waals surface area (Å²) in [5.41, 5.74) is -0.341. The lowest BCUT2D eigenvalue weighted by Crippen LogP contribution is -2.53. The number of rotatable bonds is 6. The van der Waals surface area contributed by atoms with Crippen molar-refractivity contribution in [2.45, 2.75) is 38.8 Å².